The van der Waals surface area contributed by atoms with Crippen LogP contribution in [0.5, 0.6) is 0 Å². The average molecular weight is 287 g/mol. The number of nitrogens with zero attached hydrogens (tertiary/aromatic N) is 2. The maximum absolute atomic E-state index is 4.51. The summed E-state index contributed by atoms with van der Waals surface area (Å²) in [5, 5.41) is 3.84. The minimum Gasteiger partial charge on any atom is -0.312 e. The molecule has 3 nitrogen and oxygen atoms in total. The molecule has 0 amide bonds. The summed E-state index contributed by atoms with van der Waals surface area (Å²) in [6.45, 7) is 5.71. The first-order valence-corrected chi connectivity index (χ1v) is 8.70. The summed E-state index contributed by atoms with van der Waals surface area (Å²) in [5.41, 5.74) is 1.20. The van der Waals surface area contributed by atoms with Gasteiger partial charge in [-0.05, 0) is 50.8 Å². The van der Waals surface area contributed by atoms with Gasteiger partial charge in [-0.1, -0.05) is 25.3 Å². The van der Waals surface area contributed by atoms with E-state index in [4.69, 9.17) is 0 Å². The molecule has 1 aliphatic carbocycles. The van der Waals surface area contributed by atoms with Crippen LogP contribution in [0.3, 0.4) is 0 Å². The lowest BCUT2D eigenvalue weighted by Crippen LogP contribution is -2.44. The second kappa shape index (κ2) is 7.37. The molecule has 116 valence electrons. The van der Waals surface area contributed by atoms with Crippen LogP contribution in [0.1, 0.15) is 51.1 Å². The number of nitrogens with one attached hydrogen (secondary N) is 1. The zero-order chi connectivity index (χ0) is 14.5. The quantitative estimate of drug-likeness (QED) is 0.925. The van der Waals surface area contributed by atoms with Crippen LogP contribution in [0.15, 0.2) is 24.4 Å². The largest absolute Gasteiger partial charge is 0.312 e. The first kappa shape index (κ1) is 15.0. The molecule has 1 aromatic rings. The summed E-state index contributed by atoms with van der Waals surface area (Å²) in [4.78, 5) is 7.15. The predicted octanol–water partition coefficient (Wildman–Crippen LogP) is 3.21. The smallest absolute Gasteiger partial charge is 0.0544 e. The van der Waals surface area contributed by atoms with E-state index in [1.54, 1.807) is 0 Å². The molecule has 1 saturated heterocycles. The summed E-state index contributed by atoms with van der Waals surface area (Å²) in [5.74, 6) is 0.885. The Kier molecular flexibility index (Phi) is 5.26. The third-order valence-electron chi connectivity index (χ3n) is 5.33. The van der Waals surface area contributed by atoms with Crippen LogP contribution in [0.2, 0.25) is 0 Å². The summed E-state index contributed by atoms with van der Waals surface area (Å²) in [7, 11) is 0. The number of hydrogen-bond donors (Lipinski definition) is 1. The Morgan fingerprint density at radius 3 is 2.81 bits per heavy atom. The molecule has 21 heavy (non-hydrogen) atoms. The molecule has 1 saturated carbocycles. The summed E-state index contributed by atoms with van der Waals surface area (Å²) in [6, 6.07) is 7.58. The van der Waals surface area contributed by atoms with E-state index in [-0.39, 0.29) is 0 Å². The second-order valence-corrected chi connectivity index (χ2v) is 6.85. The first-order chi connectivity index (χ1) is 10.3. The van der Waals surface area contributed by atoms with Crippen molar-refractivity contribution in [3.05, 3.63) is 30.1 Å². The minimum atomic E-state index is 0.646. The molecule has 2 atom stereocenters. The monoisotopic (exact) mass is 287 g/mol. The van der Waals surface area contributed by atoms with Gasteiger partial charge in [0.15, 0.2) is 0 Å². The van der Waals surface area contributed by atoms with Gasteiger partial charge in [0.1, 0.15) is 0 Å². The van der Waals surface area contributed by atoms with E-state index >= 15 is 0 Å². The van der Waals surface area contributed by atoms with Crippen LogP contribution < -0.4 is 5.32 Å². The van der Waals surface area contributed by atoms with Crippen LogP contribution in [-0.4, -0.2) is 35.1 Å². The Bertz CT molecular complexity index is 414. The van der Waals surface area contributed by atoms with E-state index in [2.05, 4.69) is 34.3 Å². The molecule has 1 N–H and O–H groups in total. The minimum absolute atomic E-state index is 0.646. The fourth-order valence-electron chi connectivity index (χ4n) is 3.93. The lowest BCUT2D eigenvalue weighted by molar-refractivity contribution is 0.163. The maximum atomic E-state index is 4.51. The van der Waals surface area contributed by atoms with Crippen LogP contribution in [0.25, 0.3) is 0 Å². The summed E-state index contributed by atoms with van der Waals surface area (Å²) < 4.78 is 0. The molecule has 0 spiro atoms. The van der Waals surface area contributed by atoms with E-state index in [1.807, 2.05) is 12.3 Å². The number of aromatic nitrogens is 1. The van der Waals surface area contributed by atoms with Gasteiger partial charge in [-0.15, -0.1) is 0 Å². The van der Waals surface area contributed by atoms with Gasteiger partial charge in [-0.3, -0.25) is 9.88 Å². The van der Waals surface area contributed by atoms with E-state index in [0.717, 1.165) is 12.5 Å². The van der Waals surface area contributed by atoms with Crippen molar-refractivity contribution in [1.82, 2.24) is 15.2 Å². The lowest BCUT2D eigenvalue weighted by atomic mass is 9.83. The first-order valence-electron chi connectivity index (χ1n) is 8.70. The number of rotatable bonds is 3. The molecule has 0 bridgehead atoms. The van der Waals surface area contributed by atoms with E-state index in [1.165, 1.54) is 57.3 Å². The van der Waals surface area contributed by atoms with Gasteiger partial charge < -0.3 is 5.32 Å². The van der Waals surface area contributed by atoms with Crippen molar-refractivity contribution in [3.63, 3.8) is 0 Å². The Morgan fingerprint density at radius 2 is 2.05 bits per heavy atom. The Balaban J connectivity index is 1.65. The van der Waals surface area contributed by atoms with Gasteiger partial charge in [0.25, 0.3) is 0 Å². The molecule has 0 radical (unpaired) electrons. The standard InChI is InChI=1S/C18H29N3/c1-15-10-12-20-18(16-7-3-2-4-8-16)14-21(15)13-17-9-5-6-11-19-17/h5-6,9,11,15-16,18,20H,2-4,7-8,10,12-14H2,1H3. The summed E-state index contributed by atoms with van der Waals surface area (Å²) >= 11 is 0. The molecule has 2 fully saturated rings. The van der Waals surface area contributed by atoms with Crippen molar-refractivity contribution in [2.75, 3.05) is 13.1 Å². The van der Waals surface area contributed by atoms with Crippen molar-refractivity contribution < 1.29 is 0 Å². The highest BCUT2D eigenvalue weighted by Gasteiger charge is 2.29. The highest BCUT2D eigenvalue weighted by molar-refractivity contribution is 5.04. The fraction of sp³-hybridized carbons (Fsp3) is 0.722. The van der Waals surface area contributed by atoms with Gasteiger partial charge in [-0.2, -0.15) is 0 Å². The zero-order valence-corrected chi connectivity index (χ0v) is 13.3. The van der Waals surface area contributed by atoms with Gasteiger partial charge >= 0.3 is 0 Å². The molecule has 3 heteroatoms. The zero-order valence-electron chi connectivity index (χ0n) is 13.3. The second-order valence-electron chi connectivity index (χ2n) is 6.85. The van der Waals surface area contributed by atoms with Crippen LogP contribution in [0.4, 0.5) is 0 Å². The Morgan fingerprint density at radius 1 is 1.19 bits per heavy atom. The highest BCUT2D eigenvalue weighted by atomic mass is 15.2. The maximum Gasteiger partial charge on any atom is 0.0544 e. The molecule has 2 unspecified atom stereocenters. The third-order valence-corrected chi connectivity index (χ3v) is 5.33. The lowest BCUT2D eigenvalue weighted by Gasteiger charge is -2.34. The van der Waals surface area contributed by atoms with Crippen LogP contribution in [-0.2, 0) is 6.54 Å². The van der Waals surface area contributed by atoms with Crippen molar-refractivity contribution in [2.45, 2.75) is 64.1 Å². The highest BCUT2D eigenvalue weighted by Crippen LogP contribution is 2.28. The van der Waals surface area contributed by atoms with Crippen LogP contribution >= 0.6 is 0 Å². The fourth-order valence-corrected chi connectivity index (χ4v) is 3.93. The Hall–Kier alpha value is -0.930. The number of hydrogen-bond acceptors (Lipinski definition) is 3. The normalized spacial score (nSPS) is 29.2. The Labute approximate surface area is 129 Å². The third kappa shape index (κ3) is 4.04. The van der Waals surface area contributed by atoms with Gasteiger partial charge in [0.2, 0.25) is 0 Å². The molecule has 1 aromatic heterocycles. The van der Waals surface area contributed by atoms with Gasteiger partial charge in [0, 0.05) is 31.4 Å². The molecule has 0 aromatic carbocycles. The average Bonchev–Trinajstić information content (AvgIpc) is 2.72. The molecule has 2 aliphatic rings. The van der Waals surface area contributed by atoms with Crippen molar-refractivity contribution >= 4 is 0 Å². The van der Waals surface area contributed by atoms with Gasteiger partial charge in [0.05, 0.1) is 5.69 Å². The van der Waals surface area contributed by atoms with E-state index in [0.29, 0.717) is 12.1 Å². The van der Waals surface area contributed by atoms with Crippen molar-refractivity contribution in [1.29, 1.82) is 0 Å². The SMILES string of the molecule is CC1CCNC(C2CCCCC2)CN1Cc1ccccn1. The van der Waals surface area contributed by atoms with Crippen molar-refractivity contribution in [2.24, 2.45) is 5.92 Å². The topological polar surface area (TPSA) is 28.2 Å². The van der Waals surface area contributed by atoms with E-state index in [9.17, 15) is 0 Å². The predicted molar refractivity (Wildman–Crippen MR) is 87.1 cm³/mol. The molecular weight excluding hydrogens is 258 g/mol. The van der Waals surface area contributed by atoms with Gasteiger partial charge in [-0.25, -0.2) is 0 Å². The van der Waals surface area contributed by atoms with E-state index < -0.39 is 0 Å². The molecule has 2 heterocycles. The summed E-state index contributed by atoms with van der Waals surface area (Å²) in [6.07, 6.45) is 10.3. The van der Waals surface area contributed by atoms with Crippen LogP contribution in [0, 0.1) is 5.92 Å². The molecule has 1 aliphatic heterocycles. The molecule has 3 rings (SSSR count). The van der Waals surface area contributed by atoms with Crippen molar-refractivity contribution in [3.8, 4) is 0 Å². The molecular formula is C18H29N3. The number of pyridine rings is 1.